The molecule has 4 aromatic rings. The van der Waals surface area contributed by atoms with Crippen LogP contribution in [0, 0.1) is 18.6 Å². The highest BCUT2D eigenvalue weighted by atomic mass is 32.2. The van der Waals surface area contributed by atoms with Crippen LogP contribution in [0.1, 0.15) is 23.3 Å². The summed E-state index contributed by atoms with van der Waals surface area (Å²) in [4.78, 5) is 0. The summed E-state index contributed by atoms with van der Waals surface area (Å²) < 4.78 is 29.6. The highest BCUT2D eigenvalue weighted by Crippen LogP contribution is 2.37. The average molecular weight is 407 g/mol. The molecule has 0 saturated carbocycles. The molecule has 1 aromatic heterocycles. The molecule has 0 fully saturated rings. The molecule has 0 spiro atoms. The first kappa shape index (κ1) is 19.3. The standard InChI is InChI=1S/C23H19F2N3S/c1-15-7-13-19(14-8-15)28-22(20-5-3-4-6-21(20)25)26-27-23(28)29-16(2)17-9-11-18(24)12-10-17/h3-14,16H,1-2H3/t16-/m1/s1. The van der Waals surface area contributed by atoms with Crippen LogP contribution >= 0.6 is 11.8 Å². The smallest absolute Gasteiger partial charge is 0.196 e. The molecule has 146 valence electrons. The summed E-state index contributed by atoms with van der Waals surface area (Å²) in [5.41, 5.74) is 3.35. The van der Waals surface area contributed by atoms with Crippen molar-refractivity contribution in [3.8, 4) is 17.1 Å². The molecule has 3 nitrogen and oxygen atoms in total. The third-order valence-corrected chi connectivity index (χ3v) is 5.76. The fourth-order valence-corrected chi connectivity index (χ4v) is 4.04. The number of rotatable bonds is 5. The lowest BCUT2D eigenvalue weighted by Crippen LogP contribution is -2.02. The van der Waals surface area contributed by atoms with Gasteiger partial charge in [-0.25, -0.2) is 8.78 Å². The Morgan fingerprint density at radius 1 is 0.862 bits per heavy atom. The molecule has 0 radical (unpaired) electrons. The van der Waals surface area contributed by atoms with E-state index in [0.717, 1.165) is 16.8 Å². The van der Waals surface area contributed by atoms with E-state index < -0.39 is 0 Å². The predicted molar refractivity (Wildman–Crippen MR) is 112 cm³/mol. The molecular weight excluding hydrogens is 388 g/mol. The van der Waals surface area contributed by atoms with E-state index in [4.69, 9.17) is 0 Å². The number of aryl methyl sites for hydroxylation is 1. The van der Waals surface area contributed by atoms with Gasteiger partial charge < -0.3 is 0 Å². The Balaban J connectivity index is 1.78. The summed E-state index contributed by atoms with van der Waals surface area (Å²) in [7, 11) is 0. The quantitative estimate of drug-likeness (QED) is 0.360. The fourth-order valence-electron chi connectivity index (χ4n) is 3.05. The summed E-state index contributed by atoms with van der Waals surface area (Å²) >= 11 is 1.49. The van der Waals surface area contributed by atoms with Crippen molar-refractivity contribution in [2.45, 2.75) is 24.3 Å². The molecule has 1 heterocycles. The van der Waals surface area contributed by atoms with Crippen LogP contribution in [0.3, 0.4) is 0 Å². The Hall–Kier alpha value is -2.99. The van der Waals surface area contributed by atoms with E-state index >= 15 is 0 Å². The van der Waals surface area contributed by atoms with Crippen LogP contribution in [0.2, 0.25) is 0 Å². The summed E-state index contributed by atoms with van der Waals surface area (Å²) in [5.74, 6) is -0.173. The van der Waals surface area contributed by atoms with Gasteiger partial charge in [-0.2, -0.15) is 0 Å². The maximum atomic E-state index is 14.5. The Bertz CT molecular complexity index is 1120. The van der Waals surface area contributed by atoms with Crippen LogP contribution in [0.25, 0.3) is 17.1 Å². The van der Waals surface area contributed by atoms with E-state index in [1.807, 2.05) is 42.7 Å². The Kier molecular flexibility index (Phi) is 5.45. The van der Waals surface area contributed by atoms with Crippen LogP contribution in [0.15, 0.2) is 78.0 Å². The first-order chi connectivity index (χ1) is 14.0. The summed E-state index contributed by atoms with van der Waals surface area (Å²) in [6.45, 7) is 4.04. The van der Waals surface area contributed by atoms with Crippen molar-refractivity contribution in [2.75, 3.05) is 0 Å². The maximum Gasteiger partial charge on any atom is 0.196 e. The first-order valence-electron chi connectivity index (χ1n) is 9.22. The Labute approximate surface area is 172 Å². The van der Waals surface area contributed by atoms with Crippen molar-refractivity contribution in [2.24, 2.45) is 0 Å². The zero-order chi connectivity index (χ0) is 20.4. The lowest BCUT2D eigenvalue weighted by molar-refractivity contribution is 0.627. The van der Waals surface area contributed by atoms with Crippen molar-refractivity contribution in [3.63, 3.8) is 0 Å². The highest BCUT2D eigenvalue weighted by molar-refractivity contribution is 7.99. The molecule has 0 bridgehead atoms. The lowest BCUT2D eigenvalue weighted by Gasteiger charge is -2.14. The number of aromatic nitrogens is 3. The highest BCUT2D eigenvalue weighted by Gasteiger charge is 2.20. The van der Waals surface area contributed by atoms with E-state index in [1.54, 1.807) is 30.3 Å². The largest absolute Gasteiger partial charge is 0.270 e. The SMILES string of the molecule is Cc1ccc(-n2c(S[C@H](C)c3ccc(F)cc3)nnc2-c2ccccc2F)cc1. The topological polar surface area (TPSA) is 30.7 Å². The van der Waals surface area contributed by atoms with E-state index in [0.29, 0.717) is 16.5 Å². The van der Waals surface area contributed by atoms with E-state index in [1.165, 1.54) is 30.0 Å². The Morgan fingerprint density at radius 2 is 1.55 bits per heavy atom. The average Bonchev–Trinajstić information content (AvgIpc) is 3.12. The molecule has 29 heavy (non-hydrogen) atoms. The molecule has 0 aliphatic heterocycles. The number of nitrogens with zero attached hydrogens (tertiary/aromatic N) is 3. The van der Waals surface area contributed by atoms with Gasteiger partial charge in [0.1, 0.15) is 11.6 Å². The second-order valence-corrected chi connectivity index (χ2v) is 8.08. The summed E-state index contributed by atoms with van der Waals surface area (Å²) in [6, 6.07) is 20.9. The van der Waals surface area contributed by atoms with Gasteiger partial charge in [-0.1, -0.05) is 53.7 Å². The molecule has 0 N–H and O–H groups in total. The predicted octanol–water partition coefficient (Wildman–Crippen LogP) is 6.37. The molecule has 0 amide bonds. The van der Waals surface area contributed by atoms with E-state index in [2.05, 4.69) is 10.2 Å². The van der Waals surface area contributed by atoms with Crippen LogP contribution in [0.5, 0.6) is 0 Å². The molecule has 0 unspecified atom stereocenters. The van der Waals surface area contributed by atoms with Gasteiger partial charge in [0, 0.05) is 10.9 Å². The van der Waals surface area contributed by atoms with Crippen LogP contribution in [-0.4, -0.2) is 14.8 Å². The van der Waals surface area contributed by atoms with Crippen molar-refractivity contribution in [3.05, 3.63) is 95.6 Å². The summed E-state index contributed by atoms with van der Waals surface area (Å²) in [5, 5.41) is 9.30. The minimum Gasteiger partial charge on any atom is -0.270 e. The van der Waals surface area contributed by atoms with Gasteiger partial charge in [0.05, 0.1) is 5.56 Å². The third kappa shape index (κ3) is 4.07. The minimum absolute atomic E-state index is 0.0115. The molecule has 4 rings (SSSR count). The molecule has 0 aliphatic carbocycles. The number of benzene rings is 3. The van der Waals surface area contributed by atoms with Crippen molar-refractivity contribution in [1.29, 1.82) is 0 Å². The maximum absolute atomic E-state index is 14.5. The van der Waals surface area contributed by atoms with Crippen LogP contribution in [0.4, 0.5) is 8.78 Å². The van der Waals surface area contributed by atoms with Crippen molar-refractivity contribution < 1.29 is 8.78 Å². The van der Waals surface area contributed by atoms with Gasteiger partial charge >= 0.3 is 0 Å². The fraction of sp³-hybridized carbons (Fsp3) is 0.130. The first-order valence-corrected chi connectivity index (χ1v) is 10.1. The number of halogens is 2. The molecular formula is C23H19F2N3S. The van der Waals surface area contributed by atoms with Crippen molar-refractivity contribution in [1.82, 2.24) is 14.8 Å². The zero-order valence-corrected chi connectivity index (χ0v) is 16.8. The number of hydrogen-bond acceptors (Lipinski definition) is 3. The second-order valence-electron chi connectivity index (χ2n) is 6.77. The van der Waals surface area contributed by atoms with E-state index in [9.17, 15) is 8.78 Å². The molecule has 3 aromatic carbocycles. The number of hydrogen-bond donors (Lipinski definition) is 0. The monoisotopic (exact) mass is 407 g/mol. The zero-order valence-electron chi connectivity index (χ0n) is 16.0. The molecule has 6 heteroatoms. The molecule has 0 aliphatic rings. The van der Waals surface area contributed by atoms with Crippen molar-refractivity contribution >= 4 is 11.8 Å². The van der Waals surface area contributed by atoms with Crippen LogP contribution < -0.4 is 0 Å². The Morgan fingerprint density at radius 3 is 2.24 bits per heavy atom. The molecule has 0 saturated heterocycles. The van der Waals surface area contributed by atoms with Gasteiger partial charge in [-0.3, -0.25) is 4.57 Å². The minimum atomic E-state index is -0.351. The normalized spacial score (nSPS) is 12.1. The third-order valence-electron chi connectivity index (χ3n) is 4.66. The summed E-state index contributed by atoms with van der Waals surface area (Å²) in [6.07, 6.45) is 0. The van der Waals surface area contributed by atoms with Gasteiger partial charge in [-0.15, -0.1) is 10.2 Å². The van der Waals surface area contributed by atoms with Crippen LogP contribution in [-0.2, 0) is 0 Å². The lowest BCUT2D eigenvalue weighted by atomic mass is 10.2. The molecule has 1 atom stereocenters. The van der Waals surface area contributed by atoms with Gasteiger partial charge in [0.25, 0.3) is 0 Å². The second kappa shape index (κ2) is 8.17. The number of thioether (sulfide) groups is 1. The van der Waals surface area contributed by atoms with E-state index in [-0.39, 0.29) is 16.9 Å². The van der Waals surface area contributed by atoms with Gasteiger partial charge in [-0.05, 0) is 55.8 Å². The van der Waals surface area contributed by atoms with Gasteiger partial charge in [0.2, 0.25) is 0 Å². The van der Waals surface area contributed by atoms with Gasteiger partial charge in [0.15, 0.2) is 11.0 Å².